The van der Waals surface area contributed by atoms with E-state index in [1.165, 1.54) is 18.1 Å². The van der Waals surface area contributed by atoms with Crippen LogP contribution in [-0.2, 0) is 4.74 Å². The van der Waals surface area contributed by atoms with Crippen molar-refractivity contribution in [2.24, 2.45) is 0 Å². The Labute approximate surface area is 108 Å². The van der Waals surface area contributed by atoms with Crippen LogP contribution in [0.3, 0.4) is 0 Å². The van der Waals surface area contributed by atoms with Gasteiger partial charge in [0.05, 0.1) is 18.3 Å². The van der Waals surface area contributed by atoms with Gasteiger partial charge in [-0.3, -0.25) is 4.98 Å². The lowest BCUT2D eigenvalue weighted by atomic mass is 10.2. The normalized spacial score (nSPS) is 10.6. The van der Waals surface area contributed by atoms with E-state index in [4.69, 9.17) is 0 Å². The summed E-state index contributed by atoms with van der Waals surface area (Å²) in [6.07, 6.45) is 3.17. The number of hydrogen-bond donors (Lipinski definition) is 0. The zero-order valence-electron chi connectivity index (χ0n) is 10.1. The van der Waals surface area contributed by atoms with Gasteiger partial charge < -0.3 is 4.74 Å². The highest BCUT2D eigenvalue weighted by Gasteiger charge is 2.13. The topological polar surface area (TPSA) is 69.9 Å². The molecule has 2 aromatic heterocycles. The fourth-order valence-electron chi connectivity index (χ4n) is 1.84. The summed E-state index contributed by atoms with van der Waals surface area (Å²) in [5.41, 5.74) is 1.67. The molecule has 6 heteroatoms. The number of pyridine rings is 1. The van der Waals surface area contributed by atoms with Crippen LogP contribution in [0.5, 0.6) is 0 Å². The van der Waals surface area contributed by atoms with Gasteiger partial charge in [0.1, 0.15) is 6.33 Å². The van der Waals surface area contributed by atoms with Gasteiger partial charge in [-0.1, -0.05) is 18.2 Å². The zero-order valence-corrected chi connectivity index (χ0v) is 10.1. The predicted molar refractivity (Wildman–Crippen MR) is 68.0 cm³/mol. The molecular weight excluding hydrogens is 244 g/mol. The summed E-state index contributed by atoms with van der Waals surface area (Å²) >= 11 is 0. The van der Waals surface area contributed by atoms with E-state index in [9.17, 15) is 4.79 Å². The first-order chi connectivity index (χ1) is 9.29. The van der Waals surface area contributed by atoms with Gasteiger partial charge in [-0.05, 0) is 12.1 Å². The first-order valence-electron chi connectivity index (χ1n) is 5.63. The molecule has 6 nitrogen and oxygen atoms in total. The zero-order chi connectivity index (χ0) is 13.2. The fourth-order valence-corrected chi connectivity index (χ4v) is 1.84. The van der Waals surface area contributed by atoms with Gasteiger partial charge in [-0.15, -0.1) is 5.10 Å². The molecule has 3 aromatic rings. The Hall–Kier alpha value is -2.76. The van der Waals surface area contributed by atoms with Crippen molar-refractivity contribution in [1.29, 1.82) is 0 Å². The van der Waals surface area contributed by atoms with Crippen LogP contribution in [0.15, 0.2) is 42.9 Å². The van der Waals surface area contributed by atoms with Gasteiger partial charge >= 0.3 is 5.97 Å². The highest BCUT2D eigenvalue weighted by atomic mass is 16.5. The van der Waals surface area contributed by atoms with Gasteiger partial charge in [-0.25, -0.2) is 14.5 Å². The van der Waals surface area contributed by atoms with E-state index in [0.717, 1.165) is 16.6 Å². The maximum atomic E-state index is 11.3. The average Bonchev–Trinajstić information content (AvgIpc) is 2.95. The summed E-state index contributed by atoms with van der Waals surface area (Å²) in [6.45, 7) is 0. The summed E-state index contributed by atoms with van der Waals surface area (Å²) in [5.74, 6) is -0.527. The number of aromatic nitrogens is 4. The number of carbonyl (C=O) groups is 1. The Balaban J connectivity index is 2.14. The van der Waals surface area contributed by atoms with Gasteiger partial charge in [0.15, 0.2) is 0 Å². The smallest absolute Gasteiger partial charge is 0.377 e. The van der Waals surface area contributed by atoms with Crippen molar-refractivity contribution in [2.75, 3.05) is 7.11 Å². The number of hydrogen-bond acceptors (Lipinski definition) is 5. The van der Waals surface area contributed by atoms with E-state index < -0.39 is 5.97 Å². The summed E-state index contributed by atoms with van der Waals surface area (Å²) in [5, 5.41) is 5.04. The fraction of sp³-hybridized carbons (Fsp3) is 0.0769. The van der Waals surface area contributed by atoms with Crippen molar-refractivity contribution >= 4 is 16.9 Å². The molecule has 0 radical (unpaired) electrons. The second-order valence-electron chi connectivity index (χ2n) is 3.85. The number of esters is 1. The first-order valence-corrected chi connectivity index (χ1v) is 5.63. The van der Waals surface area contributed by atoms with E-state index in [1.54, 1.807) is 6.20 Å². The van der Waals surface area contributed by atoms with Gasteiger partial charge in [0, 0.05) is 11.6 Å². The lowest BCUT2D eigenvalue weighted by molar-refractivity contribution is 0.0587. The van der Waals surface area contributed by atoms with Crippen LogP contribution in [0.25, 0.3) is 16.6 Å². The molecular formula is C13H10N4O2. The van der Waals surface area contributed by atoms with Crippen molar-refractivity contribution in [1.82, 2.24) is 19.7 Å². The number of nitrogens with zero attached hydrogens (tertiary/aromatic N) is 4. The number of benzene rings is 1. The number of carbonyl (C=O) groups excluding carboxylic acids is 1. The van der Waals surface area contributed by atoms with Crippen LogP contribution in [0.4, 0.5) is 0 Å². The molecule has 0 aliphatic rings. The standard InChI is InChI=1S/C13H10N4O2/c1-19-13(18)12-15-8-17(16-12)11-6-7-14-10-5-3-2-4-9(10)11/h2-8H,1H3. The maximum Gasteiger partial charge on any atom is 0.377 e. The molecule has 0 saturated heterocycles. The number of fused-ring (bicyclic) bond motifs is 1. The molecule has 0 aliphatic heterocycles. The van der Waals surface area contributed by atoms with Gasteiger partial charge in [0.25, 0.3) is 5.82 Å². The molecule has 0 N–H and O–H groups in total. The van der Waals surface area contributed by atoms with E-state index in [0.29, 0.717) is 0 Å². The lowest BCUT2D eigenvalue weighted by Crippen LogP contribution is -2.05. The third-order valence-electron chi connectivity index (χ3n) is 2.73. The highest BCUT2D eigenvalue weighted by molar-refractivity contribution is 5.87. The Morgan fingerprint density at radius 3 is 2.89 bits per heavy atom. The summed E-state index contributed by atoms with van der Waals surface area (Å²) in [6, 6.07) is 9.51. The second-order valence-corrected chi connectivity index (χ2v) is 3.85. The molecule has 0 spiro atoms. The summed E-state index contributed by atoms with van der Waals surface area (Å²) < 4.78 is 6.12. The Bertz CT molecular complexity index is 746. The van der Waals surface area contributed by atoms with Crippen LogP contribution in [-0.4, -0.2) is 32.8 Å². The average molecular weight is 254 g/mol. The third kappa shape index (κ3) is 1.93. The number of ether oxygens (including phenoxy) is 1. The minimum atomic E-state index is -0.558. The summed E-state index contributed by atoms with van der Waals surface area (Å²) in [4.78, 5) is 19.5. The Morgan fingerprint density at radius 1 is 1.21 bits per heavy atom. The molecule has 1 aromatic carbocycles. The third-order valence-corrected chi connectivity index (χ3v) is 2.73. The van der Waals surface area contributed by atoms with Crippen LogP contribution in [0.2, 0.25) is 0 Å². The van der Waals surface area contributed by atoms with Crippen LogP contribution in [0, 0.1) is 0 Å². The second kappa shape index (κ2) is 4.49. The van der Waals surface area contributed by atoms with Gasteiger partial charge in [-0.2, -0.15) is 0 Å². The Kier molecular flexibility index (Phi) is 2.68. The van der Waals surface area contributed by atoms with E-state index in [-0.39, 0.29) is 5.82 Å². The SMILES string of the molecule is COC(=O)c1ncn(-c2ccnc3ccccc23)n1. The van der Waals surface area contributed by atoms with Crippen LogP contribution in [0.1, 0.15) is 10.6 Å². The van der Waals surface area contributed by atoms with E-state index in [1.807, 2.05) is 30.3 Å². The molecule has 0 bridgehead atoms. The maximum absolute atomic E-state index is 11.3. The van der Waals surface area contributed by atoms with E-state index in [2.05, 4.69) is 19.8 Å². The van der Waals surface area contributed by atoms with Gasteiger partial charge in [0.2, 0.25) is 0 Å². The minimum absolute atomic E-state index is 0.0309. The van der Waals surface area contributed by atoms with Crippen molar-refractivity contribution in [3.05, 3.63) is 48.7 Å². The van der Waals surface area contributed by atoms with Crippen molar-refractivity contribution < 1.29 is 9.53 Å². The Morgan fingerprint density at radius 2 is 2.05 bits per heavy atom. The number of para-hydroxylation sites is 1. The lowest BCUT2D eigenvalue weighted by Gasteiger charge is -2.04. The number of methoxy groups -OCH3 is 1. The quantitative estimate of drug-likeness (QED) is 0.650. The van der Waals surface area contributed by atoms with Crippen molar-refractivity contribution in [2.45, 2.75) is 0 Å². The largest absolute Gasteiger partial charge is 0.463 e. The predicted octanol–water partition coefficient (Wildman–Crippen LogP) is 1.60. The van der Waals surface area contributed by atoms with Crippen molar-refractivity contribution in [3.8, 4) is 5.69 Å². The molecule has 3 rings (SSSR count). The molecule has 0 saturated carbocycles. The monoisotopic (exact) mass is 254 g/mol. The molecule has 94 valence electrons. The van der Waals surface area contributed by atoms with Crippen LogP contribution >= 0.6 is 0 Å². The van der Waals surface area contributed by atoms with Crippen LogP contribution < -0.4 is 0 Å². The van der Waals surface area contributed by atoms with Crippen molar-refractivity contribution in [3.63, 3.8) is 0 Å². The molecule has 0 atom stereocenters. The molecule has 19 heavy (non-hydrogen) atoms. The highest BCUT2D eigenvalue weighted by Crippen LogP contribution is 2.19. The van der Waals surface area contributed by atoms with E-state index >= 15 is 0 Å². The molecule has 0 unspecified atom stereocenters. The first kappa shape index (κ1) is 11.3. The molecule has 0 aliphatic carbocycles. The summed E-state index contributed by atoms with van der Waals surface area (Å²) in [7, 11) is 1.30. The molecule has 0 fully saturated rings. The molecule has 2 heterocycles. The number of rotatable bonds is 2. The molecule has 0 amide bonds. The minimum Gasteiger partial charge on any atom is -0.463 e.